The molecule has 24 heavy (non-hydrogen) atoms. The topological polar surface area (TPSA) is 92.7 Å². The van der Waals surface area contributed by atoms with E-state index in [9.17, 15) is 9.59 Å². The van der Waals surface area contributed by atoms with Gasteiger partial charge >= 0.3 is 0 Å². The smallest absolute Gasteiger partial charge is 0.255 e. The molecule has 0 radical (unpaired) electrons. The highest BCUT2D eigenvalue weighted by Crippen LogP contribution is 2.26. The van der Waals surface area contributed by atoms with E-state index in [1.54, 1.807) is 6.07 Å². The maximum Gasteiger partial charge on any atom is 0.255 e. The number of anilines is 1. The number of H-pyrrole nitrogens is 1. The number of rotatable bonds is 3. The second-order valence-corrected chi connectivity index (χ2v) is 6.72. The van der Waals surface area contributed by atoms with Crippen LogP contribution in [0.4, 0.5) is 5.82 Å². The summed E-state index contributed by atoms with van der Waals surface area (Å²) >= 11 is 0. The van der Waals surface area contributed by atoms with Gasteiger partial charge in [-0.05, 0) is 39.0 Å². The Kier molecular flexibility index (Phi) is 3.70. The molecule has 2 aliphatic rings. The fourth-order valence-corrected chi connectivity index (χ4v) is 3.70. The van der Waals surface area contributed by atoms with Gasteiger partial charge in [0.1, 0.15) is 5.82 Å². The summed E-state index contributed by atoms with van der Waals surface area (Å²) in [7, 11) is 0. The molecule has 2 aromatic rings. The molecule has 1 fully saturated rings. The molecule has 0 unspecified atom stereocenters. The van der Waals surface area contributed by atoms with Crippen molar-refractivity contribution >= 4 is 11.7 Å². The van der Waals surface area contributed by atoms with Crippen LogP contribution in [-0.2, 0) is 17.6 Å². The van der Waals surface area contributed by atoms with Crippen molar-refractivity contribution in [1.29, 1.82) is 0 Å². The van der Waals surface area contributed by atoms with Crippen LogP contribution in [0.1, 0.15) is 49.1 Å². The molecule has 2 aliphatic carbocycles. The van der Waals surface area contributed by atoms with Gasteiger partial charge in [-0.15, -0.1) is 0 Å². The summed E-state index contributed by atoms with van der Waals surface area (Å²) in [6, 6.07) is 1.81. The minimum absolute atomic E-state index is 0.0251. The van der Waals surface area contributed by atoms with Gasteiger partial charge in [-0.1, -0.05) is 12.8 Å². The molecule has 1 saturated carbocycles. The average Bonchev–Trinajstić information content (AvgIpc) is 3.26. The monoisotopic (exact) mass is 327 g/mol. The second kappa shape index (κ2) is 5.89. The number of nitrogens with one attached hydrogen (secondary N) is 2. The molecule has 2 aromatic heterocycles. The van der Waals surface area contributed by atoms with E-state index in [1.807, 2.05) is 6.92 Å². The molecule has 126 valence electrons. The van der Waals surface area contributed by atoms with Gasteiger partial charge < -0.3 is 5.32 Å². The first-order chi connectivity index (χ1) is 11.6. The van der Waals surface area contributed by atoms with Crippen molar-refractivity contribution in [3.8, 4) is 5.95 Å². The standard InChI is InChI=1S/C17H21N5O2/c1-10-9-14(19-15(23)11-5-2-3-6-11)22(21-10)17-18-13-8-4-7-12(13)16(24)20-17/h9,11H,2-8H2,1H3,(H,19,23)(H,18,20,24). The molecule has 0 aliphatic heterocycles. The van der Waals surface area contributed by atoms with Crippen LogP contribution in [0.15, 0.2) is 10.9 Å². The Bertz CT molecular complexity index is 845. The Balaban J connectivity index is 1.68. The Labute approximate surface area is 139 Å². The lowest BCUT2D eigenvalue weighted by Gasteiger charge is -2.12. The number of aromatic nitrogens is 4. The minimum Gasteiger partial charge on any atom is -0.310 e. The summed E-state index contributed by atoms with van der Waals surface area (Å²) in [5.41, 5.74) is 2.28. The van der Waals surface area contributed by atoms with Crippen LogP contribution in [0.25, 0.3) is 5.95 Å². The first-order valence-corrected chi connectivity index (χ1v) is 8.62. The van der Waals surface area contributed by atoms with Crippen molar-refractivity contribution in [2.75, 3.05) is 5.32 Å². The van der Waals surface area contributed by atoms with E-state index < -0.39 is 0 Å². The van der Waals surface area contributed by atoms with E-state index in [1.165, 1.54) is 4.68 Å². The molecule has 0 atom stereocenters. The summed E-state index contributed by atoms with van der Waals surface area (Å²) in [6.07, 6.45) is 6.64. The number of hydrogen-bond donors (Lipinski definition) is 2. The summed E-state index contributed by atoms with van der Waals surface area (Å²) in [6.45, 7) is 1.85. The molecule has 0 bridgehead atoms. The molecular weight excluding hydrogens is 306 g/mol. The fourth-order valence-electron chi connectivity index (χ4n) is 3.70. The summed E-state index contributed by atoms with van der Waals surface area (Å²) in [4.78, 5) is 32.0. The number of amides is 1. The van der Waals surface area contributed by atoms with Gasteiger partial charge in [0.2, 0.25) is 11.9 Å². The fraction of sp³-hybridized carbons (Fsp3) is 0.529. The molecule has 2 heterocycles. The third kappa shape index (κ3) is 2.64. The average molecular weight is 327 g/mol. The lowest BCUT2D eigenvalue weighted by molar-refractivity contribution is -0.119. The summed E-state index contributed by atoms with van der Waals surface area (Å²) < 4.78 is 1.53. The zero-order valence-electron chi connectivity index (χ0n) is 13.8. The van der Waals surface area contributed by atoms with Gasteiger partial charge in [0, 0.05) is 17.5 Å². The van der Waals surface area contributed by atoms with Crippen LogP contribution in [0, 0.1) is 12.8 Å². The number of fused-ring (bicyclic) bond motifs is 1. The number of hydrogen-bond acceptors (Lipinski definition) is 4. The van der Waals surface area contributed by atoms with Crippen molar-refractivity contribution in [3.05, 3.63) is 33.4 Å². The number of carbonyl (C=O) groups is 1. The minimum atomic E-state index is -0.103. The van der Waals surface area contributed by atoms with E-state index in [2.05, 4.69) is 20.4 Å². The summed E-state index contributed by atoms with van der Waals surface area (Å²) in [5.74, 6) is 1.03. The van der Waals surface area contributed by atoms with Gasteiger partial charge in [0.25, 0.3) is 5.56 Å². The first kappa shape index (κ1) is 15.1. The van der Waals surface area contributed by atoms with Crippen LogP contribution >= 0.6 is 0 Å². The molecule has 1 amide bonds. The van der Waals surface area contributed by atoms with E-state index in [0.29, 0.717) is 11.8 Å². The van der Waals surface area contributed by atoms with E-state index in [4.69, 9.17) is 0 Å². The largest absolute Gasteiger partial charge is 0.310 e. The highest BCUT2D eigenvalue weighted by atomic mass is 16.2. The molecule has 7 nitrogen and oxygen atoms in total. The Hall–Kier alpha value is -2.44. The quantitative estimate of drug-likeness (QED) is 0.900. The Morgan fingerprint density at radius 1 is 1.29 bits per heavy atom. The molecule has 0 aromatic carbocycles. The van der Waals surface area contributed by atoms with Gasteiger partial charge in [-0.3, -0.25) is 14.6 Å². The van der Waals surface area contributed by atoms with E-state index in [0.717, 1.165) is 61.9 Å². The predicted molar refractivity (Wildman–Crippen MR) is 89.3 cm³/mol. The van der Waals surface area contributed by atoms with Crippen molar-refractivity contribution in [3.63, 3.8) is 0 Å². The normalized spacial score (nSPS) is 17.2. The Morgan fingerprint density at radius 2 is 2.08 bits per heavy atom. The zero-order valence-corrected chi connectivity index (χ0v) is 13.8. The maximum atomic E-state index is 12.4. The highest BCUT2D eigenvalue weighted by Gasteiger charge is 2.25. The van der Waals surface area contributed by atoms with Crippen LogP contribution < -0.4 is 10.9 Å². The van der Waals surface area contributed by atoms with E-state index in [-0.39, 0.29) is 17.4 Å². The number of nitrogens with zero attached hydrogens (tertiary/aromatic N) is 3. The van der Waals surface area contributed by atoms with Gasteiger partial charge in [-0.25, -0.2) is 4.98 Å². The highest BCUT2D eigenvalue weighted by molar-refractivity contribution is 5.92. The first-order valence-electron chi connectivity index (χ1n) is 8.62. The van der Waals surface area contributed by atoms with Crippen molar-refractivity contribution in [1.82, 2.24) is 19.7 Å². The van der Waals surface area contributed by atoms with E-state index >= 15 is 0 Å². The van der Waals surface area contributed by atoms with Crippen LogP contribution in [0.3, 0.4) is 0 Å². The summed E-state index contributed by atoms with van der Waals surface area (Å²) in [5, 5.41) is 7.35. The maximum absolute atomic E-state index is 12.4. The van der Waals surface area contributed by atoms with Crippen molar-refractivity contribution in [2.45, 2.75) is 51.9 Å². The lowest BCUT2D eigenvalue weighted by Crippen LogP contribution is -2.24. The van der Waals surface area contributed by atoms with Crippen molar-refractivity contribution in [2.24, 2.45) is 5.92 Å². The van der Waals surface area contributed by atoms with Gasteiger partial charge in [0.15, 0.2) is 0 Å². The number of aromatic amines is 1. The number of carbonyl (C=O) groups excluding carboxylic acids is 1. The molecule has 2 N–H and O–H groups in total. The zero-order chi connectivity index (χ0) is 16.7. The number of aryl methyl sites for hydroxylation is 2. The van der Waals surface area contributed by atoms with Gasteiger partial charge in [0.05, 0.1) is 11.4 Å². The molecule has 4 rings (SSSR count). The SMILES string of the molecule is Cc1cc(NC(=O)C2CCCC2)n(-c2nc3c(c(=O)[nH]2)CCC3)n1. The van der Waals surface area contributed by atoms with Crippen LogP contribution in [-0.4, -0.2) is 25.7 Å². The van der Waals surface area contributed by atoms with Crippen LogP contribution in [0.5, 0.6) is 0 Å². The molecule has 0 spiro atoms. The third-order valence-electron chi connectivity index (χ3n) is 4.94. The Morgan fingerprint density at radius 3 is 2.88 bits per heavy atom. The van der Waals surface area contributed by atoms with Crippen LogP contribution in [0.2, 0.25) is 0 Å². The second-order valence-electron chi connectivity index (χ2n) is 6.72. The lowest BCUT2D eigenvalue weighted by atomic mass is 10.1. The van der Waals surface area contributed by atoms with Crippen molar-refractivity contribution < 1.29 is 4.79 Å². The predicted octanol–water partition coefficient (Wildman–Crippen LogP) is 1.88. The molecule has 0 saturated heterocycles. The van der Waals surface area contributed by atoms with Gasteiger partial charge in [-0.2, -0.15) is 9.78 Å². The molecular formula is C17H21N5O2. The molecule has 7 heteroatoms. The third-order valence-corrected chi connectivity index (χ3v) is 4.94.